The minimum Gasteiger partial charge on any atom is -0.308 e. The molecule has 7 heteroatoms. The molecule has 1 aliphatic rings. The topological polar surface area (TPSA) is 58.2 Å². The van der Waals surface area contributed by atoms with Gasteiger partial charge in [-0.2, -0.15) is 0 Å². The Hall–Kier alpha value is -1.47. The molecular weight excluding hydrogens is 339 g/mol. The molecule has 0 aliphatic carbocycles. The molecule has 0 saturated carbocycles. The van der Waals surface area contributed by atoms with Gasteiger partial charge < -0.3 is 5.32 Å². The van der Waals surface area contributed by atoms with Crippen molar-refractivity contribution in [3.8, 4) is 0 Å². The second kappa shape index (κ2) is 6.57. The lowest BCUT2D eigenvalue weighted by Gasteiger charge is -2.27. The summed E-state index contributed by atoms with van der Waals surface area (Å²) in [5.41, 5.74) is 2.31. The van der Waals surface area contributed by atoms with Gasteiger partial charge in [-0.1, -0.05) is 35.9 Å². The van der Waals surface area contributed by atoms with Crippen molar-refractivity contribution in [2.24, 2.45) is 0 Å². The van der Waals surface area contributed by atoms with Crippen LogP contribution in [0.1, 0.15) is 17.2 Å². The average Bonchev–Trinajstić information content (AvgIpc) is 2.52. The Kier molecular flexibility index (Phi) is 4.68. The number of benzene rings is 2. The van der Waals surface area contributed by atoms with Crippen LogP contribution in [-0.4, -0.2) is 21.5 Å². The lowest BCUT2D eigenvalue weighted by Crippen LogP contribution is -2.38. The van der Waals surface area contributed by atoms with Crippen molar-refractivity contribution in [2.45, 2.75) is 17.4 Å². The van der Waals surface area contributed by atoms with Crippen LogP contribution < -0.4 is 10.0 Å². The molecule has 3 rings (SSSR count). The maximum absolute atomic E-state index is 13.1. The standard InChI is InChI=1S/C16H16ClFN2O2S/c17-14-9-12(18)5-6-16(14)23(21,22)20-10-15-13-4-2-1-3-11(13)7-8-19-15/h1-6,9,15,19-20H,7-8,10H2. The Balaban J connectivity index is 1.78. The first-order valence-electron chi connectivity index (χ1n) is 7.23. The Morgan fingerprint density at radius 2 is 2.04 bits per heavy atom. The van der Waals surface area contributed by atoms with Gasteiger partial charge in [0.05, 0.1) is 5.02 Å². The normalized spacial score (nSPS) is 17.7. The summed E-state index contributed by atoms with van der Waals surface area (Å²) in [5, 5.41) is 3.17. The van der Waals surface area contributed by atoms with Crippen molar-refractivity contribution in [3.05, 3.63) is 64.4 Å². The van der Waals surface area contributed by atoms with E-state index in [-0.39, 0.29) is 22.5 Å². The molecule has 0 bridgehead atoms. The van der Waals surface area contributed by atoms with Gasteiger partial charge in [0.1, 0.15) is 10.7 Å². The Labute approximate surface area is 139 Å². The molecule has 1 unspecified atom stereocenters. The second-order valence-corrected chi connectivity index (χ2v) is 7.52. The van der Waals surface area contributed by atoms with Crippen molar-refractivity contribution in [2.75, 3.05) is 13.1 Å². The van der Waals surface area contributed by atoms with Gasteiger partial charge in [-0.3, -0.25) is 0 Å². The molecule has 2 aromatic carbocycles. The minimum atomic E-state index is -3.80. The third kappa shape index (κ3) is 3.55. The van der Waals surface area contributed by atoms with Gasteiger partial charge in [-0.15, -0.1) is 0 Å². The molecule has 1 heterocycles. The van der Waals surface area contributed by atoms with Crippen LogP contribution in [0.5, 0.6) is 0 Å². The first-order valence-corrected chi connectivity index (χ1v) is 9.09. The van der Waals surface area contributed by atoms with Crippen LogP contribution in [0.4, 0.5) is 4.39 Å². The molecule has 0 aromatic heterocycles. The summed E-state index contributed by atoms with van der Waals surface area (Å²) < 4.78 is 40.4. The van der Waals surface area contributed by atoms with Gasteiger partial charge >= 0.3 is 0 Å². The summed E-state index contributed by atoms with van der Waals surface area (Å²) >= 11 is 5.84. The predicted molar refractivity (Wildman–Crippen MR) is 87.5 cm³/mol. The molecule has 122 valence electrons. The molecule has 0 radical (unpaired) electrons. The summed E-state index contributed by atoms with van der Waals surface area (Å²) in [5.74, 6) is -0.572. The largest absolute Gasteiger partial charge is 0.308 e. The highest BCUT2D eigenvalue weighted by Gasteiger charge is 2.23. The first-order chi connectivity index (χ1) is 11.0. The number of sulfonamides is 1. The monoisotopic (exact) mass is 354 g/mol. The van der Waals surface area contributed by atoms with E-state index < -0.39 is 15.8 Å². The smallest absolute Gasteiger partial charge is 0.242 e. The van der Waals surface area contributed by atoms with Crippen molar-refractivity contribution < 1.29 is 12.8 Å². The zero-order valence-corrected chi connectivity index (χ0v) is 13.8. The molecular formula is C16H16ClFN2O2S. The lowest BCUT2D eigenvalue weighted by atomic mass is 9.95. The third-order valence-electron chi connectivity index (χ3n) is 3.88. The number of hydrogen-bond acceptors (Lipinski definition) is 3. The van der Waals surface area contributed by atoms with Gasteiger partial charge in [0.15, 0.2) is 0 Å². The Morgan fingerprint density at radius 3 is 2.83 bits per heavy atom. The molecule has 23 heavy (non-hydrogen) atoms. The fourth-order valence-electron chi connectivity index (χ4n) is 2.74. The molecule has 2 aromatic rings. The van der Waals surface area contributed by atoms with Crippen molar-refractivity contribution in [1.29, 1.82) is 0 Å². The van der Waals surface area contributed by atoms with E-state index >= 15 is 0 Å². The van der Waals surface area contributed by atoms with E-state index in [0.29, 0.717) is 0 Å². The fourth-order valence-corrected chi connectivity index (χ4v) is 4.32. The molecule has 4 nitrogen and oxygen atoms in total. The van der Waals surface area contributed by atoms with E-state index in [4.69, 9.17) is 11.6 Å². The fraction of sp³-hybridized carbons (Fsp3) is 0.250. The van der Waals surface area contributed by atoms with E-state index in [1.165, 1.54) is 11.6 Å². The van der Waals surface area contributed by atoms with Gasteiger partial charge in [0.25, 0.3) is 0 Å². The quantitative estimate of drug-likeness (QED) is 0.887. The summed E-state index contributed by atoms with van der Waals surface area (Å²) in [6, 6.07) is 11.1. The highest BCUT2D eigenvalue weighted by atomic mass is 35.5. The molecule has 0 saturated heterocycles. The molecule has 2 N–H and O–H groups in total. The second-order valence-electron chi connectivity index (χ2n) is 5.38. The lowest BCUT2D eigenvalue weighted by molar-refractivity contribution is 0.491. The predicted octanol–water partition coefficient (Wildman–Crippen LogP) is 2.64. The average molecular weight is 355 g/mol. The maximum atomic E-state index is 13.1. The maximum Gasteiger partial charge on any atom is 0.242 e. The number of hydrogen-bond donors (Lipinski definition) is 2. The highest BCUT2D eigenvalue weighted by molar-refractivity contribution is 7.89. The summed E-state index contributed by atoms with van der Waals surface area (Å²) in [6.07, 6.45) is 0.920. The van der Waals surface area contributed by atoms with Crippen LogP contribution in [0.25, 0.3) is 0 Å². The van der Waals surface area contributed by atoms with Crippen LogP contribution in [0, 0.1) is 5.82 Å². The number of fused-ring (bicyclic) bond motifs is 1. The van der Waals surface area contributed by atoms with Crippen LogP contribution in [0.15, 0.2) is 47.4 Å². The van der Waals surface area contributed by atoms with Crippen LogP contribution in [0.3, 0.4) is 0 Å². The van der Waals surface area contributed by atoms with Crippen LogP contribution in [0.2, 0.25) is 5.02 Å². The van der Waals surface area contributed by atoms with E-state index in [1.54, 1.807) is 0 Å². The van der Waals surface area contributed by atoms with Gasteiger partial charge in [-0.25, -0.2) is 17.5 Å². The molecule has 0 spiro atoms. The minimum absolute atomic E-state index is 0.103. The van der Waals surface area contributed by atoms with Gasteiger partial charge in [0.2, 0.25) is 10.0 Å². The molecule has 0 fully saturated rings. The van der Waals surface area contributed by atoms with Crippen molar-refractivity contribution in [1.82, 2.24) is 10.0 Å². The number of nitrogens with one attached hydrogen (secondary N) is 2. The number of halogens is 2. The summed E-state index contributed by atoms with van der Waals surface area (Å²) in [6.45, 7) is 0.994. The van der Waals surface area contributed by atoms with Crippen molar-refractivity contribution >= 4 is 21.6 Å². The van der Waals surface area contributed by atoms with E-state index in [9.17, 15) is 12.8 Å². The van der Waals surface area contributed by atoms with Crippen LogP contribution in [-0.2, 0) is 16.4 Å². The first kappa shape index (κ1) is 16.4. The van der Waals surface area contributed by atoms with Crippen molar-refractivity contribution in [3.63, 3.8) is 0 Å². The molecule has 1 atom stereocenters. The van der Waals surface area contributed by atoms with E-state index in [1.807, 2.05) is 18.2 Å². The highest BCUT2D eigenvalue weighted by Crippen LogP contribution is 2.24. The molecule has 1 aliphatic heterocycles. The molecule has 0 amide bonds. The van der Waals surface area contributed by atoms with Gasteiger partial charge in [0, 0.05) is 12.6 Å². The van der Waals surface area contributed by atoms with E-state index in [0.717, 1.165) is 30.7 Å². The zero-order valence-electron chi connectivity index (χ0n) is 12.2. The summed E-state index contributed by atoms with van der Waals surface area (Å²) in [7, 11) is -3.80. The SMILES string of the molecule is O=S(=O)(NCC1NCCc2ccccc21)c1ccc(F)cc1Cl. The van der Waals surface area contributed by atoms with Crippen LogP contribution >= 0.6 is 11.6 Å². The Morgan fingerprint density at radius 1 is 1.26 bits per heavy atom. The zero-order chi connectivity index (χ0) is 16.4. The number of rotatable bonds is 4. The summed E-state index contributed by atoms with van der Waals surface area (Å²) in [4.78, 5) is -0.121. The Bertz CT molecular complexity index is 827. The van der Waals surface area contributed by atoms with E-state index in [2.05, 4.69) is 16.1 Å². The third-order valence-corrected chi connectivity index (χ3v) is 5.78. The van der Waals surface area contributed by atoms with Gasteiger partial charge in [-0.05, 0) is 42.3 Å².